The fourth-order valence-corrected chi connectivity index (χ4v) is 3.28. The molecule has 1 aromatic rings. The first-order valence-electron chi connectivity index (χ1n) is 7.56. The number of piperidine rings is 1. The molecular weight excluding hydrogens is 316 g/mol. The predicted octanol–water partition coefficient (Wildman–Crippen LogP) is 3.08. The van der Waals surface area contributed by atoms with Crippen molar-refractivity contribution in [3.05, 3.63) is 34.3 Å². The van der Waals surface area contributed by atoms with E-state index >= 15 is 0 Å². The van der Waals surface area contributed by atoms with Gasteiger partial charge in [0, 0.05) is 29.7 Å². The van der Waals surface area contributed by atoms with Crippen LogP contribution in [0.1, 0.15) is 43.7 Å². The Kier molecular flexibility index (Phi) is 6.49. The van der Waals surface area contributed by atoms with E-state index in [1.165, 1.54) is 24.8 Å². The van der Waals surface area contributed by atoms with Crippen LogP contribution in [-0.2, 0) is 0 Å². The highest BCUT2D eigenvalue weighted by atomic mass is 79.9. The number of aliphatic hydroxyl groups excluding tert-OH is 1. The standard InChI is InChI=1S/C16H25BrN2O/c17-14-6-4-13(5-7-14)16(18)8-11-19-10-2-1-3-15(19)9-12-20/h4-7,15-16,20H,1-3,8-12,18H2. The topological polar surface area (TPSA) is 49.5 Å². The number of rotatable bonds is 6. The Labute approximate surface area is 130 Å². The molecule has 1 aliphatic heterocycles. The minimum absolute atomic E-state index is 0.0970. The van der Waals surface area contributed by atoms with E-state index in [2.05, 4.69) is 33.0 Å². The zero-order chi connectivity index (χ0) is 14.4. The van der Waals surface area contributed by atoms with E-state index in [1.54, 1.807) is 0 Å². The first kappa shape index (κ1) is 16.0. The number of likely N-dealkylation sites (tertiary alicyclic amines) is 1. The first-order valence-corrected chi connectivity index (χ1v) is 8.36. The maximum Gasteiger partial charge on any atom is 0.0445 e. The average molecular weight is 341 g/mol. The number of nitrogens with zero attached hydrogens (tertiary/aromatic N) is 1. The smallest absolute Gasteiger partial charge is 0.0445 e. The van der Waals surface area contributed by atoms with Crippen LogP contribution in [-0.4, -0.2) is 35.7 Å². The molecule has 0 spiro atoms. The second-order valence-electron chi connectivity index (χ2n) is 5.64. The van der Waals surface area contributed by atoms with Crippen molar-refractivity contribution >= 4 is 15.9 Å². The van der Waals surface area contributed by atoms with Gasteiger partial charge in [0.05, 0.1) is 0 Å². The van der Waals surface area contributed by atoms with Gasteiger partial charge in [-0.15, -0.1) is 0 Å². The molecule has 0 radical (unpaired) electrons. The molecular formula is C16H25BrN2O. The molecule has 0 amide bonds. The van der Waals surface area contributed by atoms with Crippen molar-refractivity contribution in [2.45, 2.75) is 44.2 Å². The van der Waals surface area contributed by atoms with Gasteiger partial charge < -0.3 is 15.7 Å². The lowest BCUT2D eigenvalue weighted by Crippen LogP contribution is -2.41. The number of aliphatic hydroxyl groups is 1. The highest BCUT2D eigenvalue weighted by molar-refractivity contribution is 9.10. The second kappa shape index (κ2) is 8.13. The molecule has 2 atom stereocenters. The van der Waals surface area contributed by atoms with Gasteiger partial charge in [-0.2, -0.15) is 0 Å². The van der Waals surface area contributed by atoms with Gasteiger partial charge in [-0.05, 0) is 49.9 Å². The largest absolute Gasteiger partial charge is 0.396 e. The van der Waals surface area contributed by atoms with Gasteiger partial charge in [-0.25, -0.2) is 0 Å². The van der Waals surface area contributed by atoms with Crippen molar-refractivity contribution in [3.63, 3.8) is 0 Å². The number of nitrogens with two attached hydrogens (primary N) is 1. The van der Waals surface area contributed by atoms with Crippen molar-refractivity contribution in [3.8, 4) is 0 Å². The van der Waals surface area contributed by atoms with Crippen molar-refractivity contribution in [1.82, 2.24) is 4.90 Å². The third-order valence-corrected chi connectivity index (χ3v) is 4.77. The van der Waals surface area contributed by atoms with Gasteiger partial charge in [0.15, 0.2) is 0 Å². The minimum atomic E-state index is 0.0970. The summed E-state index contributed by atoms with van der Waals surface area (Å²) in [6.07, 6.45) is 5.65. The van der Waals surface area contributed by atoms with E-state index in [-0.39, 0.29) is 6.04 Å². The second-order valence-corrected chi connectivity index (χ2v) is 6.56. The maximum atomic E-state index is 9.16. The molecule has 1 saturated heterocycles. The summed E-state index contributed by atoms with van der Waals surface area (Å²) < 4.78 is 1.09. The summed E-state index contributed by atoms with van der Waals surface area (Å²) >= 11 is 3.45. The Bertz CT molecular complexity index is 394. The normalized spacial score (nSPS) is 21.9. The molecule has 2 rings (SSSR count). The van der Waals surface area contributed by atoms with Crippen LogP contribution >= 0.6 is 15.9 Å². The van der Waals surface area contributed by atoms with Gasteiger partial charge in [-0.3, -0.25) is 0 Å². The van der Waals surface area contributed by atoms with Crippen LogP contribution < -0.4 is 5.73 Å². The summed E-state index contributed by atoms with van der Waals surface area (Å²) in [5, 5.41) is 9.16. The van der Waals surface area contributed by atoms with E-state index < -0.39 is 0 Å². The third-order valence-electron chi connectivity index (χ3n) is 4.24. The Hall–Kier alpha value is -0.420. The van der Waals surface area contributed by atoms with Crippen LogP contribution in [0.4, 0.5) is 0 Å². The molecule has 0 bridgehead atoms. The summed E-state index contributed by atoms with van der Waals surface area (Å²) in [5.74, 6) is 0. The molecule has 0 aromatic heterocycles. The van der Waals surface area contributed by atoms with E-state index in [9.17, 15) is 0 Å². The van der Waals surface area contributed by atoms with Crippen LogP contribution in [0.3, 0.4) is 0 Å². The van der Waals surface area contributed by atoms with Gasteiger partial charge in [-0.1, -0.05) is 34.5 Å². The molecule has 3 N–H and O–H groups in total. The molecule has 1 fully saturated rings. The lowest BCUT2D eigenvalue weighted by Gasteiger charge is -2.36. The number of hydrogen-bond acceptors (Lipinski definition) is 3. The number of hydrogen-bond donors (Lipinski definition) is 2. The van der Waals surface area contributed by atoms with Gasteiger partial charge >= 0.3 is 0 Å². The number of halogens is 1. The monoisotopic (exact) mass is 340 g/mol. The molecule has 112 valence electrons. The highest BCUT2D eigenvalue weighted by Crippen LogP contribution is 2.22. The van der Waals surface area contributed by atoms with E-state index in [1.807, 2.05) is 12.1 Å². The van der Waals surface area contributed by atoms with Crippen LogP contribution in [0.25, 0.3) is 0 Å². The van der Waals surface area contributed by atoms with Gasteiger partial charge in [0.25, 0.3) is 0 Å². The fourth-order valence-electron chi connectivity index (χ4n) is 3.01. The molecule has 1 aromatic carbocycles. The SMILES string of the molecule is NC(CCN1CCCCC1CCO)c1ccc(Br)cc1. The Morgan fingerprint density at radius 2 is 2.05 bits per heavy atom. The zero-order valence-electron chi connectivity index (χ0n) is 12.0. The summed E-state index contributed by atoms with van der Waals surface area (Å²) in [5.41, 5.74) is 7.49. The molecule has 1 heterocycles. The van der Waals surface area contributed by atoms with E-state index in [0.29, 0.717) is 12.6 Å². The summed E-state index contributed by atoms with van der Waals surface area (Å²) in [6, 6.07) is 8.92. The molecule has 4 heteroatoms. The third kappa shape index (κ3) is 4.55. The van der Waals surface area contributed by atoms with Crippen molar-refractivity contribution in [2.75, 3.05) is 19.7 Å². The lowest BCUT2D eigenvalue weighted by atomic mass is 9.98. The summed E-state index contributed by atoms with van der Waals surface area (Å²) in [6.45, 7) is 2.47. The van der Waals surface area contributed by atoms with Crippen LogP contribution in [0.5, 0.6) is 0 Å². The Balaban J connectivity index is 1.85. The van der Waals surface area contributed by atoms with E-state index in [4.69, 9.17) is 10.8 Å². The van der Waals surface area contributed by atoms with Crippen molar-refractivity contribution in [2.24, 2.45) is 5.73 Å². The number of benzene rings is 1. The van der Waals surface area contributed by atoms with Crippen LogP contribution in [0.2, 0.25) is 0 Å². The van der Waals surface area contributed by atoms with Crippen LogP contribution in [0, 0.1) is 0 Å². The maximum absolute atomic E-state index is 9.16. The highest BCUT2D eigenvalue weighted by Gasteiger charge is 2.22. The quantitative estimate of drug-likeness (QED) is 0.836. The predicted molar refractivity (Wildman–Crippen MR) is 86.6 cm³/mol. The van der Waals surface area contributed by atoms with Crippen molar-refractivity contribution in [1.29, 1.82) is 0 Å². The fraction of sp³-hybridized carbons (Fsp3) is 0.625. The molecule has 1 aliphatic rings. The average Bonchev–Trinajstić information content (AvgIpc) is 2.47. The van der Waals surface area contributed by atoms with E-state index in [0.717, 1.165) is 30.4 Å². The molecule has 2 unspecified atom stereocenters. The van der Waals surface area contributed by atoms with Gasteiger partial charge in [0.1, 0.15) is 0 Å². The Morgan fingerprint density at radius 1 is 1.30 bits per heavy atom. The summed E-state index contributed by atoms with van der Waals surface area (Å²) in [4.78, 5) is 2.51. The molecule has 20 heavy (non-hydrogen) atoms. The molecule has 3 nitrogen and oxygen atoms in total. The Morgan fingerprint density at radius 3 is 2.75 bits per heavy atom. The van der Waals surface area contributed by atoms with Crippen LogP contribution in [0.15, 0.2) is 28.7 Å². The molecule has 0 aliphatic carbocycles. The van der Waals surface area contributed by atoms with Gasteiger partial charge in [0.2, 0.25) is 0 Å². The lowest BCUT2D eigenvalue weighted by molar-refractivity contribution is 0.116. The zero-order valence-corrected chi connectivity index (χ0v) is 13.6. The first-order chi connectivity index (χ1) is 9.70. The minimum Gasteiger partial charge on any atom is -0.396 e. The summed E-state index contributed by atoms with van der Waals surface area (Å²) in [7, 11) is 0. The van der Waals surface area contributed by atoms with Crippen molar-refractivity contribution < 1.29 is 5.11 Å². The molecule has 0 saturated carbocycles.